The minimum absolute atomic E-state index is 0.248. The molecule has 1 aromatic carbocycles. The maximum Gasteiger partial charge on any atom is 0.337 e. The average molecular weight is 300 g/mol. The van der Waals surface area contributed by atoms with Crippen LogP contribution in [0.25, 0.3) is 0 Å². The Morgan fingerprint density at radius 3 is 2.68 bits per heavy atom. The van der Waals surface area contributed by atoms with Crippen molar-refractivity contribution in [3.63, 3.8) is 0 Å². The van der Waals surface area contributed by atoms with Crippen molar-refractivity contribution in [3.8, 4) is 0 Å². The van der Waals surface area contributed by atoms with Gasteiger partial charge in [0.2, 0.25) is 5.95 Å². The zero-order valence-corrected chi connectivity index (χ0v) is 13.2. The topological polar surface area (TPSA) is 76.1 Å². The second kappa shape index (κ2) is 6.89. The molecule has 2 N–H and O–H groups in total. The molecular formula is C16H20N4O2. The number of methoxy groups -OCH3 is 1. The van der Waals surface area contributed by atoms with E-state index in [0.29, 0.717) is 17.3 Å². The van der Waals surface area contributed by atoms with Gasteiger partial charge >= 0.3 is 5.97 Å². The van der Waals surface area contributed by atoms with Crippen LogP contribution in [0.15, 0.2) is 30.3 Å². The van der Waals surface area contributed by atoms with Crippen LogP contribution in [0.1, 0.15) is 29.9 Å². The van der Waals surface area contributed by atoms with E-state index in [2.05, 4.69) is 20.6 Å². The molecule has 0 unspecified atom stereocenters. The van der Waals surface area contributed by atoms with Crippen LogP contribution in [-0.4, -0.2) is 29.1 Å². The third-order valence-electron chi connectivity index (χ3n) is 2.83. The smallest absolute Gasteiger partial charge is 0.337 e. The number of carbonyl (C=O) groups excluding carboxylic acids is 1. The lowest BCUT2D eigenvalue weighted by atomic mass is 10.2. The maximum absolute atomic E-state index is 11.6. The van der Waals surface area contributed by atoms with Gasteiger partial charge < -0.3 is 15.4 Å². The molecule has 22 heavy (non-hydrogen) atoms. The molecule has 0 saturated carbocycles. The Labute approximate surface area is 129 Å². The number of ether oxygens (including phenoxy) is 1. The van der Waals surface area contributed by atoms with Gasteiger partial charge in [-0.3, -0.25) is 0 Å². The van der Waals surface area contributed by atoms with Gasteiger partial charge in [0.1, 0.15) is 5.82 Å². The van der Waals surface area contributed by atoms with Gasteiger partial charge in [0.25, 0.3) is 0 Å². The largest absolute Gasteiger partial charge is 0.465 e. The van der Waals surface area contributed by atoms with Gasteiger partial charge in [0.05, 0.1) is 12.7 Å². The van der Waals surface area contributed by atoms with Gasteiger partial charge in [-0.1, -0.05) is 6.07 Å². The first-order valence-corrected chi connectivity index (χ1v) is 7.05. The van der Waals surface area contributed by atoms with Crippen LogP contribution in [-0.2, 0) is 4.74 Å². The van der Waals surface area contributed by atoms with E-state index in [-0.39, 0.29) is 12.0 Å². The summed E-state index contributed by atoms with van der Waals surface area (Å²) in [6.45, 7) is 5.96. The fourth-order valence-corrected chi connectivity index (χ4v) is 1.94. The molecule has 0 amide bonds. The summed E-state index contributed by atoms with van der Waals surface area (Å²) in [7, 11) is 1.36. The molecule has 2 rings (SSSR count). The molecule has 6 heteroatoms. The highest BCUT2D eigenvalue weighted by Gasteiger charge is 2.07. The molecule has 0 bridgehead atoms. The quantitative estimate of drug-likeness (QED) is 0.826. The molecule has 0 aliphatic rings. The van der Waals surface area contributed by atoms with E-state index in [0.717, 1.165) is 11.4 Å². The number of hydrogen-bond donors (Lipinski definition) is 2. The number of aryl methyl sites for hydroxylation is 1. The second-order valence-corrected chi connectivity index (χ2v) is 5.21. The third kappa shape index (κ3) is 4.18. The Morgan fingerprint density at radius 1 is 1.23 bits per heavy atom. The highest BCUT2D eigenvalue weighted by atomic mass is 16.5. The van der Waals surface area contributed by atoms with E-state index in [4.69, 9.17) is 4.74 Å². The minimum atomic E-state index is -0.371. The second-order valence-electron chi connectivity index (χ2n) is 5.21. The zero-order valence-electron chi connectivity index (χ0n) is 13.2. The van der Waals surface area contributed by atoms with Crippen LogP contribution >= 0.6 is 0 Å². The summed E-state index contributed by atoms with van der Waals surface area (Å²) in [6, 6.07) is 9.16. The Kier molecular flexibility index (Phi) is 4.93. The fourth-order valence-electron chi connectivity index (χ4n) is 1.94. The predicted molar refractivity (Wildman–Crippen MR) is 86.6 cm³/mol. The van der Waals surface area contributed by atoms with Crippen molar-refractivity contribution >= 4 is 23.4 Å². The molecule has 0 aliphatic heterocycles. The minimum Gasteiger partial charge on any atom is -0.465 e. The van der Waals surface area contributed by atoms with Crippen LogP contribution in [0, 0.1) is 6.92 Å². The molecule has 0 spiro atoms. The predicted octanol–water partition coefficient (Wildman–Crippen LogP) is 3.14. The summed E-state index contributed by atoms with van der Waals surface area (Å²) in [4.78, 5) is 20.3. The van der Waals surface area contributed by atoms with Gasteiger partial charge in [-0.2, -0.15) is 4.98 Å². The molecule has 1 heterocycles. The third-order valence-corrected chi connectivity index (χ3v) is 2.83. The van der Waals surface area contributed by atoms with Crippen LogP contribution in [0.3, 0.4) is 0 Å². The molecule has 0 saturated heterocycles. The van der Waals surface area contributed by atoms with Crippen molar-refractivity contribution in [1.82, 2.24) is 9.97 Å². The van der Waals surface area contributed by atoms with Crippen LogP contribution < -0.4 is 10.6 Å². The molecule has 0 fully saturated rings. The van der Waals surface area contributed by atoms with Crippen LogP contribution in [0.2, 0.25) is 0 Å². The Bertz CT molecular complexity index is 671. The zero-order chi connectivity index (χ0) is 16.1. The number of rotatable bonds is 5. The molecule has 1 aromatic heterocycles. The van der Waals surface area contributed by atoms with E-state index >= 15 is 0 Å². The van der Waals surface area contributed by atoms with Gasteiger partial charge in [-0.25, -0.2) is 9.78 Å². The summed E-state index contributed by atoms with van der Waals surface area (Å²) in [5.74, 6) is 0.865. The molecule has 2 aromatic rings. The van der Waals surface area contributed by atoms with Gasteiger partial charge in [0, 0.05) is 23.5 Å². The highest BCUT2D eigenvalue weighted by Crippen LogP contribution is 2.18. The van der Waals surface area contributed by atoms with E-state index in [9.17, 15) is 4.79 Å². The molecule has 0 aliphatic carbocycles. The van der Waals surface area contributed by atoms with Crippen LogP contribution in [0.4, 0.5) is 17.5 Å². The van der Waals surface area contributed by atoms with Gasteiger partial charge in [0.15, 0.2) is 0 Å². The lowest BCUT2D eigenvalue weighted by Gasteiger charge is -2.12. The van der Waals surface area contributed by atoms with Crippen molar-refractivity contribution in [2.45, 2.75) is 26.8 Å². The normalized spacial score (nSPS) is 10.4. The summed E-state index contributed by atoms with van der Waals surface area (Å²) >= 11 is 0. The van der Waals surface area contributed by atoms with E-state index in [1.165, 1.54) is 7.11 Å². The number of carbonyl (C=O) groups is 1. The standard InChI is InChI=1S/C16H20N4O2/c1-10(2)17-16-18-11(3)8-14(20-16)19-13-7-5-6-12(9-13)15(21)22-4/h5-10H,1-4H3,(H2,17,18,19,20). The Balaban J connectivity index is 2.23. The van der Waals surface area contributed by atoms with Crippen molar-refractivity contribution in [2.24, 2.45) is 0 Å². The van der Waals surface area contributed by atoms with Crippen molar-refractivity contribution in [3.05, 3.63) is 41.6 Å². The van der Waals surface area contributed by atoms with Crippen LogP contribution in [0.5, 0.6) is 0 Å². The van der Waals surface area contributed by atoms with E-state index in [1.54, 1.807) is 18.2 Å². The maximum atomic E-state index is 11.6. The SMILES string of the molecule is COC(=O)c1cccc(Nc2cc(C)nc(NC(C)C)n2)c1. The number of nitrogens with zero attached hydrogens (tertiary/aromatic N) is 2. The summed E-state index contributed by atoms with van der Waals surface area (Å²) in [6.07, 6.45) is 0. The molecule has 0 radical (unpaired) electrons. The lowest BCUT2D eigenvalue weighted by molar-refractivity contribution is 0.0601. The molecule has 0 atom stereocenters. The lowest BCUT2D eigenvalue weighted by Crippen LogP contribution is -2.13. The first kappa shape index (κ1) is 15.8. The highest BCUT2D eigenvalue weighted by molar-refractivity contribution is 5.90. The number of esters is 1. The Morgan fingerprint density at radius 2 is 2.00 bits per heavy atom. The number of hydrogen-bond acceptors (Lipinski definition) is 6. The summed E-state index contributed by atoms with van der Waals surface area (Å²) < 4.78 is 4.72. The molecule has 116 valence electrons. The first-order valence-electron chi connectivity index (χ1n) is 7.05. The summed E-state index contributed by atoms with van der Waals surface area (Å²) in [5.41, 5.74) is 2.10. The van der Waals surface area contributed by atoms with Crippen molar-refractivity contribution < 1.29 is 9.53 Å². The molecule has 6 nitrogen and oxygen atoms in total. The fraction of sp³-hybridized carbons (Fsp3) is 0.312. The number of aromatic nitrogens is 2. The first-order chi connectivity index (χ1) is 10.5. The number of nitrogens with one attached hydrogen (secondary N) is 2. The molecular weight excluding hydrogens is 280 g/mol. The Hall–Kier alpha value is -2.63. The van der Waals surface area contributed by atoms with Gasteiger partial charge in [-0.05, 0) is 39.0 Å². The van der Waals surface area contributed by atoms with Crippen molar-refractivity contribution in [1.29, 1.82) is 0 Å². The number of anilines is 3. The summed E-state index contributed by atoms with van der Waals surface area (Å²) in [5, 5.41) is 6.35. The average Bonchev–Trinajstić information content (AvgIpc) is 2.45. The van der Waals surface area contributed by atoms with E-state index < -0.39 is 0 Å². The van der Waals surface area contributed by atoms with E-state index in [1.807, 2.05) is 32.9 Å². The monoisotopic (exact) mass is 300 g/mol. The number of benzene rings is 1. The van der Waals surface area contributed by atoms with Gasteiger partial charge in [-0.15, -0.1) is 0 Å². The van der Waals surface area contributed by atoms with Crippen molar-refractivity contribution in [2.75, 3.05) is 17.7 Å².